The molecule has 1 aliphatic heterocycles. The van der Waals surface area contributed by atoms with Gasteiger partial charge in [-0.1, -0.05) is 23.7 Å². The molecule has 1 saturated heterocycles. The fourth-order valence-electron chi connectivity index (χ4n) is 4.21. The minimum atomic E-state index is -0.998. The van der Waals surface area contributed by atoms with Gasteiger partial charge in [0.15, 0.2) is 0 Å². The van der Waals surface area contributed by atoms with Crippen LogP contribution in [0.1, 0.15) is 36.6 Å². The van der Waals surface area contributed by atoms with Crippen molar-refractivity contribution in [1.29, 1.82) is 0 Å². The van der Waals surface area contributed by atoms with Gasteiger partial charge in [-0.05, 0) is 74.4 Å². The Kier molecular flexibility index (Phi) is 6.95. The van der Waals surface area contributed by atoms with Crippen molar-refractivity contribution in [3.63, 3.8) is 0 Å². The van der Waals surface area contributed by atoms with E-state index in [0.717, 1.165) is 5.56 Å². The van der Waals surface area contributed by atoms with E-state index >= 15 is 0 Å². The van der Waals surface area contributed by atoms with Crippen LogP contribution in [0, 0.1) is 6.92 Å². The summed E-state index contributed by atoms with van der Waals surface area (Å²) in [6.07, 6.45) is -0.0319. The Labute approximate surface area is 214 Å². The maximum absolute atomic E-state index is 13.3. The number of hydrogen-bond acceptors (Lipinski definition) is 6. The lowest BCUT2D eigenvalue weighted by Crippen LogP contribution is -2.29. The fraction of sp³-hybridized carbons (Fsp3) is 0.214. The van der Waals surface area contributed by atoms with Gasteiger partial charge in [0.1, 0.15) is 23.0 Å². The molecule has 3 aromatic carbocycles. The molecule has 2 N–H and O–H groups in total. The number of phenolic OH excluding ortho intramolecular Hbond substituents is 1. The van der Waals surface area contributed by atoms with E-state index in [9.17, 15) is 19.8 Å². The third-order valence-electron chi connectivity index (χ3n) is 5.87. The van der Waals surface area contributed by atoms with Gasteiger partial charge < -0.3 is 19.7 Å². The number of phenols is 1. The van der Waals surface area contributed by atoms with Gasteiger partial charge in [-0.15, -0.1) is 0 Å². The van der Waals surface area contributed by atoms with Gasteiger partial charge in [-0.3, -0.25) is 14.5 Å². The van der Waals surface area contributed by atoms with Crippen LogP contribution in [0.25, 0.3) is 5.76 Å². The molecule has 1 fully saturated rings. The maximum Gasteiger partial charge on any atom is 0.300 e. The number of ketones is 1. The molecule has 0 spiro atoms. The number of carbonyl (C=O) groups is 2. The van der Waals surface area contributed by atoms with E-state index in [4.69, 9.17) is 21.1 Å². The highest BCUT2D eigenvalue weighted by atomic mass is 35.5. The van der Waals surface area contributed by atoms with Gasteiger partial charge in [-0.25, -0.2) is 0 Å². The molecule has 0 aliphatic carbocycles. The molecule has 8 heteroatoms. The summed E-state index contributed by atoms with van der Waals surface area (Å²) in [5, 5.41) is 21.4. The first kappa shape index (κ1) is 25.1. The number of methoxy groups -OCH3 is 1. The zero-order valence-corrected chi connectivity index (χ0v) is 21.0. The molecule has 36 heavy (non-hydrogen) atoms. The molecule has 0 aromatic heterocycles. The zero-order chi connectivity index (χ0) is 26.1. The number of amides is 1. The number of ether oxygens (including phenoxy) is 2. The Morgan fingerprint density at radius 3 is 2.44 bits per heavy atom. The van der Waals surface area contributed by atoms with E-state index in [2.05, 4.69) is 0 Å². The molecule has 1 atom stereocenters. The summed E-state index contributed by atoms with van der Waals surface area (Å²) in [4.78, 5) is 28.0. The van der Waals surface area contributed by atoms with Gasteiger partial charge in [0.05, 0.1) is 29.9 Å². The van der Waals surface area contributed by atoms with E-state index in [1.807, 2.05) is 20.8 Å². The van der Waals surface area contributed by atoms with Gasteiger partial charge in [0.25, 0.3) is 11.7 Å². The van der Waals surface area contributed by atoms with Crippen LogP contribution in [0.4, 0.5) is 5.69 Å². The first-order chi connectivity index (χ1) is 17.1. The van der Waals surface area contributed by atoms with E-state index in [0.29, 0.717) is 28.3 Å². The van der Waals surface area contributed by atoms with E-state index in [-0.39, 0.29) is 28.2 Å². The highest BCUT2D eigenvalue weighted by Gasteiger charge is 2.47. The third-order valence-corrected chi connectivity index (χ3v) is 6.18. The van der Waals surface area contributed by atoms with Crippen LogP contribution in [0.15, 0.2) is 66.2 Å². The molecule has 1 aliphatic rings. The molecule has 4 rings (SSSR count). The number of anilines is 1. The van der Waals surface area contributed by atoms with Crippen LogP contribution in [-0.2, 0) is 9.59 Å². The van der Waals surface area contributed by atoms with Crippen LogP contribution < -0.4 is 14.4 Å². The number of benzene rings is 3. The quantitative estimate of drug-likeness (QED) is 0.249. The van der Waals surface area contributed by atoms with Crippen molar-refractivity contribution in [2.24, 2.45) is 0 Å². The van der Waals surface area contributed by atoms with Crippen molar-refractivity contribution in [3.8, 4) is 17.2 Å². The Morgan fingerprint density at radius 1 is 1.06 bits per heavy atom. The molecule has 1 unspecified atom stereocenters. The van der Waals surface area contributed by atoms with E-state index in [1.54, 1.807) is 48.5 Å². The van der Waals surface area contributed by atoms with Crippen molar-refractivity contribution < 1.29 is 29.3 Å². The second kappa shape index (κ2) is 9.95. The number of halogens is 1. The minimum Gasteiger partial charge on any atom is -0.507 e. The molecule has 7 nitrogen and oxygen atoms in total. The summed E-state index contributed by atoms with van der Waals surface area (Å²) in [7, 11) is 1.50. The van der Waals surface area contributed by atoms with E-state index < -0.39 is 17.7 Å². The van der Waals surface area contributed by atoms with Crippen molar-refractivity contribution in [2.45, 2.75) is 32.9 Å². The smallest absolute Gasteiger partial charge is 0.300 e. The molecule has 0 radical (unpaired) electrons. The Balaban J connectivity index is 1.92. The molecule has 1 heterocycles. The van der Waals surface area contributed by atoms with Crippen LogP contribution in [0.2, 0.25) is 5.02 Å². The van der Waals surface area contributed by atoms with Crippen molar-refractivity contribution >= 4 is 34.7 Å². The van der Waals surface area contributed by atoms with Crippen molar-refractivity contribution in [3.05, 3.63) is 87.9 Å². The molecule has 0 saturated carbocycles. The van der Waals surface area contributed by atoms with Gasteiger partial charge in [-0.2, -0.15) is 0 Å². The number of aryl methyl sites for hydroxylation is 1. The predicted molar refractivity (Wildman–Crippen MR) is 138 cm³/mol. The summed E-state index contributed by atoms with van der Waals surface area (Å²) >= 11 is 6.18. The van der Waals surface area contributed by atoms with Gasteiger partial charge in [0.2, 0.25) is 0 Å². The van der Waals surface area contributed by atoms with Crippen LogP contribution >= 0.6 is 11.6 Å². The number of aliphatic hydroxyl groups is 1. The highest BCUT2D eigenvalue weighted by molar-refractivity contribution is 6.51. The number of aliphatic hydroxyl groups excluding tert-OH is 1. The standard InChI is InChI=1S/C28H26ClNO6/c1-15(2)36-23-11-9-18(12-16(23)3)26(32)24-25(17-8-10-22(31)21(29)13-17)30(28(34)27(24)33)19-6-5-7-20(14-19)35-4/h5-15,25,31-32H,1-4H3/b26-24-. The van der Waals surface area contributed by atoms with Crippen LogP contribution in [-0.4, -0.2) is 35.1 Å². The van der Waals surface area contributed by atoms with Gasteiger partial charge in [0, 0.05) is 17.3 Å². The number of Topliss-reactive ketones (excluding diaryl/α,β-unsaturated/α-hetero) is 1. The molecular weight excluding hydrogens is 482 g/mol. The summed E-state index contributed by atoms with van der Waals surface area (Å²) < 4.78 is 11.1. The fourth-order valence-corrected chi connectivity index (χ4v) is 4.40. The third kappa shape index (κ3) is 4.62. The monoisotopic (exact) mass is 507 g/mol. The van der Waals surface area contributed by atoms with Crippen LogP contribution in [0.5, 0.6) is 17.2 Å². The minimum absolute atomic E-state index is 0.0319. The maximum atomic E-state index is 13.3. The lowest BCUT2D eigenvalue weighted by atomic mass is 9.94. The predicted octanol–water partition coefficient (Wildman–Crippen LogP) is 5.78. The normalized spacial score (nSPS) is 17.1. The van der Waals surface area contributed by atoms with E-state index in [1.165, 1.54) is 24.1 Å². The topological polar surface area (TPSA) is 96.3 Å². The Morgan fingerprint density at radius 2 is 1.81 bits per heavy atom. The second-order valence-corrected chi connectivity index (χ2v) is 9.14. The average molecular weight is 508 g/mol. The SMILES string of the molecule is COc1cccc(N2C(=O)C(=O)/C(=C(\O)c3ccc(OC(C)C)c(C)c3)C2c2ccc(O)c(Cl)c2)c1. The molecular formula is C28H26ClNO6. The van der Waals surface area contributed by atoms with Gasteiger partial charge >= 0.3 is 0 Å². The van der Waals surface area contributed by atoms with Crippen molar-refractivity contribution in [1.82, 2.24) is 0 Å². The lowest BCUT2D eigenvalue weighted by Gasteiger charge is -2.26. The molecule has 186 valence electrons. The first-order valence-corrected chi connectivity index (χ1v) is 11.7. The summed E-state index contributed by atoms with van der Waals surface area (Å²) in [5.74, 6) is -0.976. The Bertz CT molecular complexity index is 1380. The first-order valence-electron chi connectivity index (χ1n) is 11.3. The highest BCUT2D eigenvalue weighted by Crippen LogP contribution is 2.44. The second-order valence-electron chi connectivity index (χ2n) is 8.73. The number of hydrogen-bond donors (Lipinski definition) is 2. The van der Waals surface area contributed by atoms with Crippen molar-refractivity contribution in [2.75, 3.05) is 12.0 Å². The molecule has 3 aromatic rings. The number of nitrogens with zero attached hydrogens (tertiary/aromatic N) is 1. The number of aromatic hydroxyl groups is 1. The summed E-state index contributed by atoms with van der Waals surface area (Å²) in [5.41, 5.74) is 1.88. The summed E-state index contributed by atoms with van der Waals surface area (Å²) in [6, 6.07) is 15.2. The van der Waals surface area contributed by atoms with Crippen LogP contribution in [0.3, 0.4) is 0 Å². The summed E-state index contributed by atoms with van der Waals surface area (Å²) in [6.45, 7) is 5.66. The number of rotatable bonds is 6. The largest absolute Gasteiger partial charge is 0.507 e. The average Bonchev–Trinajstić information content (AvgIpc) is 3.11. The number of carbonyl (C=O) groups excluding carboxylic acids is 2. The molecule has 0 bridgehead atoms. The zero-order valence-electron chi connectivity index (χ0n) is 20.3. The lowest BCUT2D eigenvalue weighted by molar-refractivity contribution is -0.132. The molecule has 1 amide bonds. The Hall–Kier alpha value is -3.97.